The van der Waals surface area contributed by atoms with Crippen molar-refractivity contribution in [2.75, 3.05) is 18.5 Å². The first-order chi connectivity index (χ1) is 13.8. The van der Waals surface area contributed by atoms with Gasteiger partial charge in [0.05, 0.1) is 11.0 Å². The first-order valence-electron chi connectivity index (χ1n) is 9.01. The van der Waals surface area contributed by atoms with E-state index in [0.29, 0.717) is 36.0 Å². The average molecular weight is 371 g/mol. The van der Waals surface area contributed by atoms with Gasteiger partial charge in [-0.25, -0.2) is 4.98 Å². The number of nitrogens with zero attached hydrogens (tertiary/aromatic N) is 2. The largest absolute Gasteiger partial charge is 0.486 e. The molecule has 2 heterocycles. The molecular weight excluding hydrogens is 354 g/mol. The van der Waals surface area contributed by atoms with Crippen molar-refractivity contribution in [3.63, 3.8) is 0 Å². The van der Waals surface area contributed by atoms with Gasteiger partial charge in [-0.15, -0.1) is 0 Å². The van der Waals surface area contributed by atoms with E-state index >= 15 is 0 Å². The number of anilines is 1. The summed E-state index contributed by atoms with van der Waals surface area (Å²) in [4.78, 5) is 17.0. The molecule has 0 unspecified atom stereocenters. The van der Waals surface area contributed by atoms with Gasteiger partial charge in [0, 0.05) is 23.0 Å². The Morgan fingerprint density at radius 2 is 1.71 bits per heavy atom. The fraction of sp³-hybridized carbons (Fsp3) is 0.0909. The van der Waals surface area contributed by atoms with Gasteiger partial charge in [0.15, 0.2) is 11.5 Å². The molecule has 6 heteroatoms. The van der Waals surface area contributed by atoms with Crippen LogP contribution in [-0.2, 0) is 0 Å². The van der Waals surface area contributed by atoms with Crippen LogP contribution in [0.1, 0.15) is 10.4 Å². The number of hydrogen-bond donors (Lipinski definition) is 1. The Kier molecular flexibility index (Phi) is 3.94. The van der Waals surface area contributed by atoms with Gasteiger partial charge in [0.1, 0.15) is 19.5 Å². The van der Waals surface area contributed by atoms with E-state index in [2.05, 4.69) is 10.3 Å². The van der Waals surface area contributed by atoms with Gasteiger partial charge in [-0.1, -0.05) is 12.1 Å². The Labute approximate surface area is 161 Å². The summed E-state index contributed by atoms with van der Waals surface area (Å²) in [7, 11) is 0. The number of benzene rings is 3. The number of rotatable bonds is 3. The van der Waals surface area contributed by atoms with Gasteiger partial charge in [-0.2, -0.15) is 0 Å². The highest BCUT2D eigenvalue weighted by molar-refractivity contribution is 6.04. The standard InChI is InChI=1S/C22H17N3O3/c26-22(24-16-7-10-20-21(13-16)28-12-11-27-20)15-5-8-17(9-6-15)25-14-23-18-3-1-2-4-19(18)25/h1-10,13-14H,11-12H2,(H,24,26). The predicted octanol–water partition coefficient (Wildman–Crippen LogP) is 4.05. The minimum atomic E-state index is -0.182. The summed E-state index contributed by atoms with van der Waals surface area (Å²) in [5.74, 6) is 1.16. The minimum Gasteiger partial charge on any atom is -0.486 e. The number of nitrogens with one attached hydrogen (secondary N) is 1. The van der Waals surface area contributed by atoms with Crippen molar-refractivity contribution in [2.24, 2.45) is 0 Å². The molecule has 1 N–H and O–H groups in total. The van der Waals surface area contributed by atoms with E-state index < -0.39 is 0 Å². The maximum atomic E-state index is 12.6. The first-order valence-corrected chi connectivity index (χ1v) is 9.01. The molecule has 6 nitrogen and oxygen atoms in total. The van der Waals surface area contributed by atoms with Gasteiger partial charge < -0.3 is 14.8 Å². The third-order valence-corrected chi connectivity index (χ3v) is 4.66. The van der Waals surface area contributed by atoms with Crippen molar-refractivity contribution >= 4 is 22.6 Å². The third-order valence-electron chi connectivity index (χ3n) is 4.66. The zero-order valence-corrected chi connectivity index (χ0v) is 15.0. The SMILES string of the molecule is O=C(Nc1ccc2c(c1)OCCO2)c1ccc(-n2cnc3ccccc32)cc1. The number of carbonyl (C=O) groups excluding carboxylic acids is 1. The Hall–Kier alpha value is -3.80. The van der Waals surface area contributed by atoms with E-state index in [1.54, 1.807) is 36.7 Å². The van der Waals surface area contributed by atoms with E-state index in [-0.39, 0.29) is 5.91 Å². The molecular formula is C22H17N3O3. The maximum absolute atomic E-state index is 12.6. The number of amides is 1. The summed E-state index contributed by atoms with van der Waals surface area (Å²) >= 11 is 0. The monoisotopic (exact) mass is 371 g/mol. The van der Waals surface area contributed by atoms with Crippen LogP contribution in [0.3, 0.4) is 0 Å². The van der Waals surface area contributed by atoms with Crippen LogP contribution >= 0.6 is 0 Å². The summed E-state index contributed by atoms with van der Waals surface area (Å²) in [6, 6.07) is 20.7. The van der Waals surface area contributed by atoms with Crippen LogP contribution in [-0.4, -0.2) is 28.7 Å². The molecule has 1 aliphatic rings. The Bertz CT molecular complexity index is 1170. The molecule has 0 spiro atoms. The number of hydrogen-bond acceptors (Lipinski definition) is 4. The number of ether oxygens (including phenoxy) is 2. The number of aromatic nitrogens is 2. The molecule has 5 rings (SSSR count). The second kappa shape index (κ2) is 6.74. The fourth-order valence-corrected chi connectivity index (χ4v) is 3.26. The molecule has 0 fully saturated rings. The Morgan fingerprint density at radius 1 is 0.929 bits per heavy atom. The lowest BCUT2D eigenvalue weighted by Crippen LogP contribution is -2.16. The Balaban J connectivity index is 1.36. The van der Waals surface area contributed by atoms with E-state index in [4.69, 9.17) is 9.47 Å². The van der Waals surface area contributed by atoms with Crippen molar-refractivity contribution in [1.29, 1.82) is 0 Å². The van der Waals surface area contributed by atoms with E-state index in [1.807, 2.05) is 41.0 Å². The van der Waals surface area contributed by atoms with E-state index in [1.165, 1.54) is 0 Å². The van der Waals surface area contributed by atoms with Crippen LogP contribution in [0.5, 0.6) is 11.5 Å². The maximum Gasteiger partial charge on any atom is 0.255 e. The highest BCUT2D eigenvalue weighted by Gasteiger charge is 2.13. The number of para-hydroxylation sites is 2. The zero-order chi connectivity index (χ0) is 18.9. The van der Waals surface area contributed by atoms with E-state index in [9.17, 15) is 4.79 Å². The van der Waals surface area contributed by atoms with Crippen LogP contribution < -0.4 is 14.8 Å². The lowest BCUT2D eigenvalue weighted by molar-refractivity contribution is 0.102. The molecule has 0 atom stereocenters. The highest BCUT2D eigenvalue weighted by Crippen LogP contribution is 2.32. The molecule has 0 saturated carbocycles. The van der Waals surface area contributed by atoms with E-state index in [0.717, 1.165) is 16.7 Å². The molecule has 4 aromatic rings. The summed E-state index contributed by atoms with van der Waals surface area (Å²) in [6.07, 6.45) is 1.79. The molecule has 0 bridgehead atoms. The van der Waals surface area contributed by atoms with Crippen LogP contribution in [0.25, 0.3) is 16.7 Å². The van der Waals surface area contributed by atoms with Crippen LogP contribution in [0.15, 0.2) is 73.1 Å². The Morgan fingerprint density at radius 3 is 2.57 bits per heavy atom. The van der Waals surface area contributed by atoms with Crippen molar-refractivity contribution in [2.45, 2.75) is 0 Å². The van der Waals surface area contributed by atoms with Crippen LogP contribution in [0.4, 0.5) is 5.69 Å². The summed E-state index contributed by atoms with van der Waals surface area (Å²) in [5.41, 5.74) is 4.14. The van der Waals surface area contributed by atoms with Crippen LogP contribution in [0, 0.1) is 0 Å². The van der Waals surface area contributed by atoms with Crippen LogP contribution in [0.2, 0.25) is 0 Å². The topological polar surface area (TPSA) is 65.4 Å². The molecule has 0 aliphatic carbocycles. The number of imidazole rings is 1. The predicted molar refractivity (Wildman–Crippen MR) is 106 cm³/mol. The minimum absolute atomic E-state index is 0.182. The van der Waals surface area contributed by atoms with Gasteiger partial charge in [0.2, 0.25) is 0 Å². The van der Waals surface area contributed by atoms with Gasteiger partial charge in [-0.05, 0) is 48.5 Å². The summed E-state index contributed by atoms with van der Waals surface area (Å²) < 4.78 is 13.1. The van der Waals surface area contributed by atoms with Crippen molar-refractivity contribution in [3.8, 4) is 17.2 Å². The normalized spacial score (nSPS) is 12.7. The summed E-state index contributed by atoms with van der Waals surface area (Å²) in [6.45, 7) is 1.05. The molecule has 1 amide bonds. The third kappa shape index (κ3) is 2.95. The first kappa shape index (κ1) is 16.4. The summed E-state index contributed by atoms with van der Waals surface area (Å²) in [5, 5.41) is 2.90. The number of carbonyl (C=O) groups is 1. The van der Waals surface area contributed by atoms with Crippen molar-refractivity contribution in [1.82, 2.24) is 9.55 Å². The number of fused-ring (bicyclic) bond motifs is 2. The average Bonchev–Trinajstić information content (AvgIpc) is 3.18. The lowest BCUT2D eigenvalue weighted by Gasteiger charge is -2.19. The molecule has 3 aromatic carbocycles. The fourth-order valence-electron chi connectivity index (χ4n) is 3.26. The lowest BCUT2D eigenvalue weighted by atomic mass is 10.1. The van der Waals surface area contributed by atoms with Gasteiger partial charge in [-0.3, -0.25) is 9.36 Å². The van der Waals surface area contributed by atoms with Crippen molar-refractivity contribution in [3.05, 3.63) is 78.6 Å². The van der Waals surface area contributed by atoms with Gasteiger partial charge in [0.25, 0.3) is 5.91 Å². The second-order valence-corrected chi connectivity index (χ2v) is 6.46. The second-order valence-electron chi connectivity index (χ2n) is 6.46. The molecule has 0 saturated heterocycles. The van der Waals surface area contributed by atoms with Gasteiger partial charge >= 0.3 is 0 Å². The molecule has 1 aliphatic heterocycles. The molecule has 138 valence electrons. The highest BCUT2D eigenvalue weighted by atomic mass is 16.6. The quantitative estimate of drug-likeness (QED) is 0.590. The zero-order valence-electron chi connectivity index (χ0n) is 15.0. The molecule has 28 heavy (non-hydrogen) atoms. The molecule has 1 aromatic heterocycles. The van der Waals surface area contributed by atoms with Crippen molar-refractivity contribution < 1.29 is 14.3 Å². The molecule has 0 radical (unpaired) electrons. The smallest absolute Gasteiger partial charge is 0.255 e.